The molecule has 2 rings (SSSR count). The number of nitrogens with two attached hydrogens (primary N) is 1. The fraction of sp³-hybridized carbons (Fsp3) is 0.111. The van der Waals surface area contributed by atoms with E-state index in [1.807, 2.05) is 6.07 Å². The average Bonchev–Trinajstić information content (AvgIpc) is 2.69. The van der Waals surface area contributed by atoms with E-state index in [9.17, 15) is 4.79 Å². The first-order valence-corrected chi connectivity index (χ1v) is 4.51. The molecular weight excluding hydrogens is 210 g/mol. The summed E-state index contributed by atoms with van der Waals surface area (Å²) >= 11 is 0. The zero-order valence-electron chi connectivity index (χ0n) is 8.24. The van der Waals surface area contributed by atoms with E-state index in [1.54, 1.807) is 18.2 Å². The van der Waals surface area contributed by atoms with Crippen molar-refractivity contribution in [3.63, 3.8) is 0 Å². The monoisotopic (exact) mass is 219 g/mol. The summed E-state index contributed by atoms with van der Waals surface area (Å²) < 4.78 is 1.19. The van der Waals surface area contributed by atoms with Crippen LogP contribution in [0, 0.1) is 0 Å². The molecule has 1 heterocycles. The number of hydrogen-bond acceptors (Lipinski definition) is 5. The predicted molar refractivity (Wildman–Crippen MR) is 54.7 cm³/mol. The summed E-state index contributed by atoms with van der Waals surface area (Å²) in [6.07, 6.45) is 0. The van der Waals surface area contributed by atoms with Crippen molar-refractivity contribution in [2.45, 2.75) is 6.54 Å². The summed E-state index contributed by atoms with van der Waals surface area (Å²) in [6.45, 7) is 0.237. The molecule has 0 radical (unpaired) electrons. The number of rotatable bonds is 3. The molecule has 1 aromatic carbocycles. The van der Waals surface area contributed by atoms with Crippen LogP contribution in [0.1, 0.15) is 16.2 Å². The molecule has 1 aromatic heterocycles. The highest BCUT2D eigenvalue weighted by molar-refractivity contribution is 5.83. The van der Waals surface area contributed by atoms with Gasteiger partial charge in [0.15, 0.2) is 0 Å². The molecule has 0 bridgehead atoms. The lowest BCUT2D eigenvalue weighted by molar-refractivity contribution is 0.0677. The minimum Gasteiger partial charge on any atom is -0.475 e. The van der Waals surface area contributed by atoms with E-state index >= 15 is 0 Å². The van der Waals surface area contributed by atoms with Gasteiger partial charge in [-0.25, -0.2) is 9.48 Å². The quantitative estimate of drug-likeness (QED) is 0.703. The third-order valence-electron chi connectivity index (χ3n) is 2.10. The third-order valence-corrected chi connectivity index (χ3v) is 2.10. The first-order chi connectivity index (χ1) is 7.68. The minimum absolute atomic E-state index is 0.205. The van der Waals surface area contributed by atoms with E-state index in [2.05, 4.69) is 15.5 Å². The highest BCUT2D eigenvalue weighted by Crippen LogP contribution is 2.12. The van der Waals surface area contributed by atoms with Crippen molar-refractivity contribution in [3.05, 3.63) is 35.7 Å². The maximum atomic E-state index is 10.8. The molecule has 0 saturated heterocycles. The number of hydrogen-bond donors (Lipinski definition) is 2. The smallest absolute Gasteiger partial charge is 0.375 e. The van der Waals surface area contributed by atoms with Gasteiger partial charge in [0, 0.05) is 5.69 Å². The van der Waals surface area contributed by atoms with Crippen LogP contribution in [0.25, 0.3) is 0 Å². The Labute approximate surface area is 90.5 Å². The van der Waals surface area contributed by atoms with Crippen molar-refractivity contribution in [1.29, 1.82) is 0 Å². The number of benzene rings is 1. The maximum absolute atomic E-state index is 10.8. The Morgan fingerprint density at radius 2 is 2.19 bits per heavy atom. The van der Waals surface area contributed by atoms with Crippen molar-refractivity contribution < 1.29 is 9.90 Å². The Bertz CT molecular complexity index is 522. The van der Waals surface area contributed by atoms with Gasteiger partial charge in [0.05, 0.1) is 6.54 Å². The lowest BCUT2D eigenvalue weighted by Crippen LogP contribution is -2.12. The van der Waals surface area contributed by atoms with E-state index in [0.29, 0.717) is 5.69 Å². The fourth-order valence-corrected chi connectivity index (χ4v) is 1.30. The van der Waals surface area contributed by atoms with Crippen LogP contribution in [0.5, 0.6) is 0 Å². The largest absolute Gasteiger partial charge is 0.475 e. The fourth-order valence-electron chi connectivity index (χ4n) is 1.30. The van der Waals surface area contributed by atoms with E-state index < -0.39 is 5.97 Å². The van der Waals surface area contributed by atoms with Gasteiger partial charge in [-0.1, -0.05) is 18.2 Å². The number of carbonyl (C=O) groups is 1. The van der Waals surface area contributed by atoms with Crippen molar-refractivity contribution in [2.75, 3.05) is 5.73 Å². The molecule has 82 valence electrons. The number of carboxylic acids is 1. The SMILES string of the molecule is Nc1ccccc1Cn1nnnc1C(=O)O. The Morgan fingerprint density at radius 3 is 2.88 bits per heavy atom. The van der Waals surface area contributed by atoms with Crippen LogP contribution < -0.4 is 5.73 Å². The van der Waals surface area contributed by atoms with Gasteiger partial charge in [-0.3, -0.25) is 0 Å². The van der Waals surface area contributed by atoms with Gasteiger partial charge in [0.1, 0.15) is 0 Å². The second-order valence-electron chi connectivity index (χ2n) is 3.16. The summed E-state index contributed by atoms with van der Waals surface area (Å²) in [5.74, 6) is -1.37. The number of aromatic nitrogens is 4. The number of tetrazole rings is 1. The molecule has 0 saturated carbocycles. The van der Waals surface area contributed by atoms with Crippen LogP contribution in [0.2, 0.25) is 0 Å². The Kier molecular flexibility index (Phi) is 2.50. The molecule has 0 unspecified atom stereocenters. The van der Waals surface area contributed by atoms with Crippen LogP contribution >= 0.6 is 0 Å². The number of nitrogens with zero attached hydrogens (tertiary/aromatic N) is 4. The van der Waals surface area contributed by atoms with Crippen molar-refractivity contribution in [3.8, 4) is 0 Å². The molecule has 0 atom stereocenters. The molecule has 0 aliphatic carbocycles. The van der Waals surface area contributed by atoms with Gasteiger partial charge in [-0.15, -0.1) is 5.10 Å². The Balaban J connectivity index is 2.31. The van der Waals surface area contributed by atoms with Gasteiger partial charge in [-0.2, -0.15) is 0 Å². The highest BCUT2D eigenvalue weighted by atomic mass is 16.4. The Hall–Kier alpha value is -2.44. The molecule has 0 aliphatic rings. The number of anilines is 1. The molecule has 0 amide bonds. The summed E-state index contributed by atoms with van der Waals surface area (Å²) in [5.41, 5.74) is 7.09. The van der Waals surface area contributed by atoms with E-state index in [-0.39, 0.29) is 12.4 Å². The maximum Gasteiger partial charge on any atom is 0.375 e. The van der Waals surface area contributed by atoms with E-state index in [4.69, 9.17) is 10.8 Å². The number of aromatic carboxylic acids is 1. The van der Waals surface area contributed by atoms with Crippen LogP contribution in [0.15, 0.2) is 24.3 Å². The summed E-state index contributed by atoms with van der Waals surface area (Å²) in [6, 6.07) is 7.15. The average molecular weight is 219 g/mol. The first-order valence-electron chi connectivity index (χ1n) is 4.51. The van der Waals surface area contributed by atoms with Crippen LogP contribution in [0.3, 0.4) is 0 Å². The van der Waals surface area contributed by atoms with E-state index in [0.717, 1.165) is 5.56 Å². The molecule has 7 nitrogen and oxygen atoms in total. The molecule has 3 N–H and O–H groups in total. The van der Waals surface area contributed by atoms with E-state index in [1.165, 1.54) is 4.68 Å². The number of para-hydroxylation sites is 1. The zero-order valence-corrected chi connectivity index (χ0v) is 8.24. The van der Waals surface area contributed by atoms with Crippen LogP contribution in [-0.2, 0) is 6.54 Å². The molecular formula is C9H9N5O2. The first kappa shape index (κ1) is 10.1. The predicted octanol–water partition coefficient (Wildman–Crippen LogP) is 0.00180. The van der Waals surface area contributed by atoms with Crippen molar-refractivity contribution in [1.82, 2.24) is 20.2 Å². The van der Waals surface area contributed by atoms with Gasteiger partial charge >= 0.3 is 5.97 Å². The van der Waals surface area contributed by atoms with Crippen molar-refractivity contribution >= 4 is 11.7 Å². The second-order valence-corrected chi connectivity index (χ2v) is 3.16. The van der Waals surface area contributed by atoms with Crippen LogP contribution in [0.4, 0.5) is 5.69 Å². The molecule has 0 fully saturated rings. The standard InChI is InChI=1S/C9H9N5O2/c10-7-4-2-1-3-6(7)5-14-8(9(15)16)11-12-13-14/h1-4H,5,10H2,(H,15,16). The van der Waals surface area contributed by atoms with Gasteiger partial charge in [-0.05, 0) is 22.1 Å². The molecule has 16 heavy (non-hydrogen) atoms. The van der Waals surface area contributed by atoms with Gasteiger partial charge in [0.25, 0.3) is 5.82 Å². The van der Waals surface area contributed by atoms with Gasteiger partial charge < -0.3 is 10.8 Å². The normalized spacial score (nSPS) is 10.2. The summed E-state index contributed by atoms with van der Waals surface area (Å²) in [4.78, 5) is 10.8. The third kappa shape index (κ3) is 1.83. The zero-order chi connectivity index (χ0) is 11.5. The van der Waals surface area contributed by atoms with Crippen molar-refractivity contribution in [2.24, 2.45) is 0 Å². The Morgan fingerprint density at radius 1 is 1.44 bits per heavy atom. The molecule has 0 spiro atoms. The summed E-state index contributed by atoms with van der Waals surface area (Å²) in [7, 11) is 0. The lowest BCUT2D eigenvalue weighted by atomic mass is 10.2. The molecule has 2 aromatic rings. The highest BCUT2D eigenvalue weighted by Gasteiger charge is 2.14. The topological polar surface area (TPSA) is 107 Å². The number of nitrogen functional groups attached to an aromatic ring is 1. The number of carboxylic acid groups (broad SMARTS) is 1. The minimum atomic E-state index is -1.17. The second kappa shape index (κ2) is 3.97. The molecule has 7 heteroatoms. The summed E-state index contributed by atoms with van der Waals surface area (Å²) in [5, 5.41) is 19.1. The van der Waals surface area contributed by atoms with Crippen LogP contribution in [-0.4, -0.2) is 31.3 Å². The lowest BCUT2D eigenvalue weighted by Gasteiger charge is -2.04. The van der Waals surface area contributed by atoms with Gasteiger partial charge in [0.2, 0.25) is 0 Å². The molecule has 0 aliphatic heterocycles.